The van der Waals surface area contributed by atoms with E-state index in [9.17, 15) is 0 Å². The van der Waals surface area contributed by atoms with Crippen molar-refractivity contribution >= 4 is 11.4 Å². The van der Waals surface area contributed by atoms with Gasteiger partial charge in [0.15, 0.2) is 0 Å². The van der Waals surface area contributed by atoms with Gasteiger partial charge >= 0.3 is 0 Å². The van der Waals surface area contributed by atoms with E-state index in [-0.39, 0.29) is 6.04 Å². The molecular formula is C14H19N3O. The van der Waals surface area contributed by atoms with Gasteiger partial charge in [0.1, 0.15) is 6.04 Å². The van der Waals surface area contributed by atoms with Gasteiger partial charge in [-0.2, -0.15) is 5.26 Å². The number of ether oxygens (including phenoxy) is 1. The summed E-state index contributed by atoms with van der Waals surface area (Å²) in [6.45, 7) is 7.41. The molecule has 1 atom stereocenters. The molecule has 18 heavy (non-hydrogen) atoms. The lowest BCUT2D eigenvalue weighted by molar-refractivity contribution is 0.122. The van der Waals surface area contributed by atoms with Gasteiger partial charge in [-0.3, -0.25) is 0 Å². The van der Waals surface area contributed by atoms with Crippen molar-refractivity contribution in [3.63, 3.8) is 0 Å². The summed E-state index contributed by atoms with van der Waals surface area (Å²) in [6.07, 6.45) is 0. The molecule has 1 aliphatic heterocycles. The second-order valence-corrected chi connectivity index (χ2v) is 4.59. The zero-order valence-electron chi connectivity index (χ0n) is 10.9. The van der Waals surface area contributed by atoms with Crippen LogP contribution in [0.25, 0.3) is 0 Å². The van der Waals surface area contributed by atoms with Gasteiger partial charge in [-0.1, -0.05) is 0 Å². The Bertz CT molecular complexity index is 447. The topological polar surface area (TPSA) is 48.3 Å². The highest BCUT2D eigenvalue weighted by Gasteiger charge is 2.12. The van der Waals surface area contributed by atoms with Gasteiger partial charge < -0.3 is 15.0 Å². The summed E-state index contributed by atoms with van der Waals surface area (Å²) in [5.74, 6) is 0. The molecule has 4 heteroatoms. The van der Waals surface area contributed by atoms with Crippen molar-refractivity contribution in [1.82, 2.24) is 0 Å². The molecule has 1 fully saturated rings. The molecule has 0 aliphatic carbocycles. The Kier molecular flexibility index (Phi) is 4.06. The standard InChI is InChI=1S/C14H19N3O/c1-11-9-13(17-5-7-18-8-6-17)3-4-14(11)16-12(2)10-15/h3-4,9,12,16H,5-8H2,1-2H3. The van der Waals surface area contributed by atoms with Crippen LogP contribution in [0.15, 0.2) is 18.2 Å². The number of hydrogen-bond donors (Lipinski definition) is 1. The van der Waals surface area contributed by atoms with Gasteiger partial charge in [0.25, 0.3) is 0 Å². The van der Waals surface area contributed by atoms with Crippen LogP contribution < -0.4 is 10.2 Å². The monoisotopic (exact) mass is 245 g/mol. The quantitative estimate of drug-likeness (QED) is 0.886. The van der Waals surface area contributed by atoms with Gasteiger partial charge in [-0.15, -0.1) is 0 Å². The summed E-state index contributed by atoms with van der Waals surface area (Å²) in [4.78, 5) is 2.33. The molecule has 0 radical (unpaired) electrons. The Morgan fingerprint density at radius 3 is 2.72 bits per heavy atom. The maximum atomic E-state index is 8.81. The number of benzene rings is 1. The zero-order chi connectivity index (χ0) is 13.0. The van der Waals surface area contributed by atoms with Crippen LogP contribution in [0.5, 0.6) is 0 Å². The zero-order valence-corrected chi connectivity index (χ0v) is 10.9. The van der Waals surface area contributed by atoms with Crippen molar-refractivity contribution in [3.05, 3.63) is 23.8 Å². The molecule has 0 amide bonds. The van der Waals surface area contributed by atoms with E-state index in [1.807, 2.05) is 13.0 Å². The third-order valence-corrected chi connectivity index (χ3v) is 3.15. The predicted molar refractivity (Wildman–Crippen MR) is 72.9 cm³/mol. The second kappa shape index (κ2) is 5.74. The molecule has 4 nitrogen and oxygen atoms in total. The molecule has 1 aromatic carbocycles. The fraction of sp³-hybridized carbons (Fsp3) is 0.500. The number of nitrogens with one attached hydrogen (secondary N) is 1. The summed E-state index contributed by atoms with van der Waals surface area (Å²) < 4.78 is 5.35. The predicted octanol–water partition coefficient (Wildman–Crippen LogP) is 2.16. The van der Waals surface area contributed by atoms with Gasteiger partial charge in [-0.05, 0) is 37.6 Å². The highest BCUT2D eigenvalue weighted by molar-refractivity contribution is 5.61. The molecule has 1 saturated heterocycles. The van der Waals surface area contributed by atoms with Crippen molar-refractivity contribution < 1.29 is 4.74 Å². The Balaban J connectivity index is 2.11. The first-order chi connectivity index (χ1) is 8.70. The number of hydrogen-bond acceptors (Lipinski definition) is 4. The van der Waals surface area contributed by atoms with E-state index in [0.29, 0.717) is 0 Å². The number of nitrogens with zero attached hydrogens (tertiary/aromatic N) is 2. The molecule has 0 spiro atoms. The van der Waals surface area contributed by atoms with Crippen molar-refractivity contribution in [2.24, 2.45) is 0 Å². The van der Waals surface area contributed by atoms with E-state index in [1.54, 1.807) is 0 Å². The maximum absolute atomic E-state index is 8.81. The van der Waals surface area contributed by atoms with Crippen LogP contribution in [0, 0.1) is 18.3 Å². The van der Waals surface area contributed by atoms with E-state index in [1.165, 1.54) is 11.3 Å². The minimum atomic E-state index is -0.169. The highest BCUT2D eigenvalue weighted by atomic mass is 16.5. The fourth-order valence-corrected chi connectivity index (χ4v) is 2.09. The Morgan fingerprint density at radius 1 is 1.39 bits per heavy atom. The van der Waals surface area contributed by atoms with Gasteiger partial charge in [0, 0.05) is 24.5 Å². The lowest BCUT2D eigenvalue weighted by atomic mass is 10.1. The summed E-state index contributed by atoms with van der Waals surface area (Å²) in [5.41, 5.74) is 3.42. The molecular weight excluding hydrogens is 226 g/mol. The molecule has 0 aromatic heterocycles. The Morgan fingerprint density at radius 2 is 2.11 bits per heavy atom. The lowest BCUT2D eigenvalue weighted by Crippen LogP contribution is -2.36. The number of aryl methyl sites for hydroxylation is 1. The minimum Gasteiger partial charge on any atom is -0.378 e. The van der Waals surface area contributed by atoms with E-state index < -0.39 is 0 Å². The van der Waals surface area contributed by atoms with Crippen molar-refractivity contribution in [2.45, 2.75) is 19.9 Å². The molecule has 1 aromatic rings. The largest absolute Gasteiger partial charge is 0.378 e. The van der Waals surface area contributed by atoms with Crippen LogP contribution >= 0.6 is 0 Å². The molecule has 0 bridgehead atoms. The number of nitriles is 1. The van der Waals surface area contributed by atoms with Crippen molar-refractivity contribution in [1.29, 1.82) is 5.26 Å². The molecule has 2 rings (SSSR count). The molecule has 1 aliphatic rings. The van der Waals surface area contributed by atoms with Crippen LogP contribution in [0.4, 0.5) is 11.4 Å². The lowest BCUT2D eigenvalue weighted by Gasteiger charge is -2.29. The van der Waals surface area contributed by atoms with Gasteiger partial charge in [0.2, 0.25) is 0 Å². The number of morpholine rings is 1. The first-order valence-electron chi connectivity index (χ1n) is 6.30. The first kappa shape index (κ1) is 12.7. The van der Waals surface area contributed by atoms with Gasteiger partial charge in [-0.25, -0.2) is 0 Å². The third-order valence-electron chi connectivity index (χ3n) is 3.15. The molecule has 1 unspecified atom stereocenters. The molecule has 1 heterocycles. The number of anilines is 2. The maximum Gasteiger partial charge on any atom is 0.111 e. The Labute approximate surface area is 108 Å². The summed E-state index contributed by atoms with van der Waals surface area (Å²) >= 11 is 0. The smallest absolute Gasteiger partial charge is 0.111 e. The second-order valence-electron chi connectivity index (χ2n) is 4.59. The summed E-state index contributed by atoms with van der Waals surface area (Å²) in [7, 11) is 0. The normalized spacial score (nSPS) is 17.1. The van der Waals surface area contributed by atoms with Crippen LogP contribution in [0.3, 0.4) is 0 Å². The number of rotatable bonds is 3. The Hall–Kier alpha value is -1.73. The molecule has 96 valence electrons. The van der Waals surface area contributed by atoms with Crippen LogP contribution in [-0.2, 0) is 4.74 Å². The van der Waals surface area contributed by atoms with E-state index in [0.717, 1.165) is 32.0 Å². The van der Waals surface area contributed by atoms with Crippen molar-refractivity contribution in [3.8, 4) is 6.07 Å². The van der Waals surface area contributed by atoms with E-state index >= 15 is 0 Å². The minimum absolute atomic E-state index is 0.169. The van der Waals surface area contributed by atoms with Crippen LogP contribution in [0.1, 0.15) is 12.5 Å². The van der Waals surface area contributed by atoms with Crippen molar-refractivity contribution in [2.75, 3.05) is 36.5 Å². The fourth-order valence-electron chi connectivity index (χ4n) is 2.09. The highest BCUT2D eigenvalue weighted by Crippen LogP contribution is 2.23. The summed E-state index contributed by atoms with van der Waals surface area (Å²) in [6, 6.07) is 8.33. The molecule has 0 saturated carbocycles. The van der Waals surface area contributed by atoms with Crippen LogP contribution in [0.2, 0.25) is 0 Å². The van der Waals surface area contributed by atoms with E-state index in [4.69, 9.17) is 10.00 Å². The average Bonchev–Trinajstić information content (AvgIpc) is 2.42. The first-order valence-corrected chi connectivity index (χ1v) is 6.30. The van der Waals surface area contributed by atoms with Gasteiger partial charge in [0.05, 0.1) is 19.3 Å². The van der Waals surface area contributed by atoms with E-state index in [2.05, 4.69) is 35.3 Å². The third kappa shape index (κ3) is 2.93. The molecule has 1 N–H and O–H groups in total. The summed E-state index contributed by atoms with van der Waals surface area (Å²) in [5, 5.41) is 12.0. The SMILES string of the molecule is Cc1cc(N2CCOCC2)ccc1NC(C)C#N. The van der Waals surface area contributed by atoms with Crippen LogP contribution in [-0.4, -0.2) is 32.3 Å². The average molecular weight is 245 g/mol.